The van der Waals surface area contributed by atoms with Gasteiger partial charge in [-0.05, 0) is 24.6 Å². The van der Waals surface area contributed by atoms with Gasteiger partial charge in [-0.2, -0.15) is 0 Å². The Labute approximate surface area is 134 Å². The molecule has 0 saturated heterocycles. The van der Waals surface area contributed by atoms with Gasteiger partial charge in [0.05, 0.1) is 0 Å². The summed E-state index contributed by atoms with van der Waals surface area (Å²) >= 11 is 7.58. The highest BCUT2D eigenvalue weighted by atomic mass is 35.5. The number of rotatable bonds is 5. The van der Waals surface area contributed by atoms with Crippen molar-refractivity contribution in [2.75, 3.05) is 5.43 Å². The number of hydrogen-bond donors (Lipinski definition) is 2. The molecule has 0 atom stereocenters. The molecule has 112 valence electrons. The van der Waals surface area contributed by atoms with E-state index in [9.17, 15) is 0 Å². The molecule has 0 radical (unpaired) electrons. The summed E-state index contributed by atoms with van der Waals surface area (Å²) in [6.07, 6.45) is 0. The minimum absolute atomic E-state index is 0.257. The lowest BCUT2D eigenvalue weighted by molar-refractivity contribution is 0.749. The summed E-state index contributed by atoms with van der Waals surface area (Å²) in [5.41, 5.74) is 4.83. The maximum Gasteiger partial charge on any atom is 0.147 e. The van der Waals surface area contributed by atoms with Gasteiger partial charge in [0.25, 0.3) is 0 Å². The van der Waals surface area contributed by atoms with E-state index in [0.717, 1.165) is 27.2 Å². The van der Waals surface area contributed by atoms with E-state index < -0.39 is 0 Å². The average molecular weight is 323 g/mol. The normalized spacial score (nSPS) is 11.0. The van der Waals surface area contributed by atoms with Gasteiger partial charge in [-0.15, -0.1) is 11.8 Å². The molecule has 2 aromatic rings. The van der Waals surface area contributed by atoms with Crippen LogP contribution in [0.15, 0.2) is 29.3 Å². The fraction of sp³-hybridized carbons (Fsp3) is 0.333. The summed E-state index contributed by atoms with van der Waals surface area (Å²) in [6.45, 7) is 6.11. The number of hydrazine groups is 1. The van der Waals surface area contributed by atoms with Crippen LogP contribution < -0.4 is 11.3 Å². The van der Waals surface area contributed by atoms with Crippen molar-refractivity contribution in [3.63, 3.8) is 0 Å². The van der Waals surface area contributed by atoms with Crippen LogP contribution in [0.3, 0.4) is 0 Å². The van der Waals surface area contributed by atoms with Crippen molar-refractivity contribution in [3.05, 3.63) is 46.2 Å². The van der Waals surface area contributed by atoms with Gasteiger partial charge in [0.2, 0.25) is 0 Å². The second kappa shape index (κ2) is 7.11. The second-order valence-electron chi connectivity index (χ2n) is 5.07. The maximum absolute atomic E-state index is 5.90. The summed E-state index contributed by atoms with van der Waals surface area (Å²) in [5.74, 6) is 8.12. The molecule has 3 N–H and O–H groups in total. The van der Waals surface area contributed by atoms with Crippen molar-refractivity contribution >= 4 is 29.2 Å². The maximum atomic E-state index is 5.90. The lowest BCUT2D eigenvalue weighted by Crippen LogP contribution is -2.13. The zero-order valence-corrected chi connectivity index (χ0v) is 13.9. The third-order valence-electron chi connectivity index (χ3n) is 3.06. The standard InChI is InChI=1S/C15H19ClN4S/c1-9(2)13-18-14(20-17)10(3)15(19-13)21-8-11-4-6-12(16)7-5-11/h4-7,9H,8,17H2,1-3H3,(H,18,19,20). The topological polar surface area (TPSA) is 63.8 Å². The molecule has 0 aliphatic rings. The first-order valence-electron chi connectivity index (χ1n) is 6.73. The van der Waals surface area contributed by atoms with Gasteiger partial charge < -0.3 is 5.43 Å². The number of benzene rings is 1. The van der Waals surface area contributed by atoms with Crippen LogP contribution in [0.5, 0.6) is 0 Å². The van der Waals surface area contributed by atoms with Gasteiger partial charge in [-0.25, -0.2) is 15.8 Å². The molecule has 0 fully saturated rings. The predicted molar refractivity (Wildman–Crippen MR) is 89.7 cm³/mol. The lowest BCUT2D eigenvalue weighted by atomic mass is 10.2. The Balaban J connectivity index is 2.22. The Bertz CT molecular complexity index is 614. The monoisotopic (exact) mass is 322 g/mol. The van der Waals surface area contributed by atoms with Crippen molar-refractivity contribution in [1.82, 2.24) is 9.97 Å². The summed E-state index contributed by atoms with van der Waals surface area (Å²) in [7, 11) is 0. The van der Waals surface area contributed by atoms with Gasteiger partial charge in [0, 0.05) is 22.3 Å². The Hall–Kier alpha value is -1.30. The minimum atomic E-state index is 0.257. The quantitative estimate of drug-likeness (QED) is 0.375. The van der Waals surface area contributed by atoms with Gasteiger partial charge in [0.1, 0.15) is 16.7 Å². The van der Waals surface area contributed by atoms with Crippen molar-refractivity contribution in [1.29, 1.82) is 0 Å². The first-order chi connectivity index (χ1) is 10.0. The molecule has 0 unspecified atom stereocenters. The van der Waals surface area contributed by atoms with Crippen LogP contribution >= 0.6 is 23.4 Å². The number of nitrogens with two attached hydrogens (primary N) is 1. The van der Waals surface area contributed by atoms with Crippen molar-refractivity contribution < 1.29 is 0 Å². The molecule has 1 aromatic carbocycles. The summed E-state index contributed by atoms with van der Waals surface area (Å²) in [5, 5.41) is 1.70. The number of aromatic nitrogens is 2. The van der Waals surface area contributed by atoms with E-state index in [1.165, 1.54) is 5.56 Å². The molecular weight excluding hydrogens is 304 g/mol. The molecule has 4 nitrogen and oxygen atoms in total. The Kier molecular flexibility index (Phi) is 5.45. The number of anilines is 1. The van der Waals surface area contributed by atoms with E-state index in [2.05, 4.69) is 29.2 Å². The number of nitrogens with zero attached hydrogens (tertiary/aromatic N) is 2. The number of nitrogen functional groups attached to an aromatic ring is 1. The van der Waals surface area contributed by atoms with Crippen LogP contribution in [-0.4, -0.2) is 9.97 Å². The lowest BCUT2D eigenvalue weighted by Gasteiger charge is -2.13. The van der Waals surface area contributed by atoms with Crippen LogP contribution in [0.4, 0.5) is 5.82 Å². The molecule has 0 amide bonds. The van der Waals surface area contributed by atoms with E-state index in [4.69, 9.17) is 17.4 Å². The zero-order chi connectivity index (χ0) is 15.4. The SMILES string of the molecule is Cc1c(NN)nc(C(C)C)nc1SCc1ccc(Cl)cc1. The van der Waals surface area contributed by atoms with Gasteiger partial charge in [-0.3, -0.25) is 0 Å². The van der Waals surface area contributed by atoms with Crippen LogP contribution in [0.1, 0.15) is 36.7 Å². The summed E-state index contributed by atoms with van der Waals surface area (Å²) in [4.78, 5) is 9.08. The molecule has 1 heterocycles. The third kappa shape index (κ3) is 4.09. The second-order valence-corrected chi connectivity index (χ2v) is 6.48. The molecule has 2 rings (SSSR count). The summed E-state index contributed by atoms with van der Waals surface area (Å²) in [6, 6.07) is 7.85. The van der Waals surface area contributed by atoms with Crippen LogP contribution in [0.2, 0.25) is 5.02 Å². The molecule has 1 aromatic heterocycles. The molecule has 0 aliphatic carbocycles. The van der Waals surface area contributed by atoms with E-state index >= 15 is 0 Å². The van der Waals surface area contributed by atoms with Crippen molar-refractivity contribution in [3.8, 4) is 0 Å². The smallest absolute Gasteiger partial charge is 0.147 e. The summed E-state index contributed by atoms with van der Waals surface area (Å²) < 4.78 is 0. The first-order valence-corrected chi connectivity index (χ1v) is 8.10. The van der Waals surface area contributed by atoms with Gasteiger partial charge >= 0.3 is 0 Å². The Morgan fingerprint density at radius 1 is 1.24 bits per heavy atom. The van der Waals surface area contributed by atoms with Crippen molar-refractivity contribution in [2.24, 2.45) is 5.84 Å². The average Bonchev–Trinajstić information content (AvgIpc) is 2.47. The molecular formula is C15H19ClN4S. The van der Waals surface area contributed by atoms with Crippen LogP contribution in [0.25, 0.3) is 0 Å². The largest absolute Gasteiger partial charge is 0.308 e. The number of halogens is 1. The van der Waals surface area contributed by atoms with E-state index in [1.54, 1.807) is 11.8 Å². The highest BCUT2D eigenvalue weighted by molar-refractivity contribution is 7.98. The fourth-order valence-electron chi connectivity index (χ4n) is 1.78. The molecule has 0 bridgehead atoms. The highest BCUT2D eigenvalue weighted by Crippen LogP contribution is 2.29. The zero-order valence-electron chi connectivity index (χ0n) is 12.4. The number of nitrogens with one attached hydrogen (secondary N) is 1. The molecule has 21 heavy (non-hydrogen) atoms. The molecule has 6 heteroatoms. The van der Waals surface area contributed by atoms with Crippen molar-refractivity contribution in [2.45, 2.75) is 37.5 Å². The van der Waals surface area contributed by atoms with Crippen LogP contribution in [0, 0.1) is 6.92 Å². The van der Waals surface area contributed by atoms with E-state index in [0.29, 0.717) is 5.82 Å². The van der Waals surface area contributed by atoms with E-state index in [1.807, 2.05) is 31.2 Å². The number of thioether (sulfide) groups is 1. The fourth-order valence-corrected chi connectivity index (χ4v) is 2.88. The third-order valence-corrected chi connectivity index (χ3v) is 4.46. The Morgan fingerprint density at radius 2 is 1.90 bits per heavy atom. The van der Waals surface area contributed by atoms with Crippen LogP contribution in [-0.2, 0) is 5.75 Å². The molecule has 0 aliphatic heterocycles. The van der Waals surface area contributed by atoms with Gasteiger partial charge in [-0.1, -0.05) is 37.6 Å². The predicted octanol–water partition coefficient (Wildman–Crippen LogP) is 4.14. The molecule has 0 spiro atoms. The molecule has 0 saturated carbocycles. The first kappa shape index (κ1) is 16.1. The minimum Gasteiger partial charge on any atom is -0.308 e. The Morgan fingerprint density at radius 3 is 2.48 bits per heavy atom. The van der Waals surface area contributed by atoms with Gasteiger partial charge in [0.15, 0.2) is 0 Å². The number of hydrogen-bond acceptors (Lipinski definition) is 5. The highest BCUT2D eigenvalue weighted by Gasteiger charge is 2.13. The van der Waals surface area contributed by atoms with E-state index in [-0.39, 0.29) is 5.92 Å².